The number of aliphatic hydroxyl groups is 2. The molecule has 3 nitrogen and oxygen atoms in total. The van der Waals surface area contributed by atoms with Crippen molar-refractivity contribution in [2.75, 3.05) is 39.4 Å². The van der Waals surface area contributed by atoms with Crippen molar-refractivity contribution in [3.63, 3.8) is 0 Å². The number of hydrogen-bond acceptors (Lipinski definition) is 2. The van der Waals surface area contributed by atoms with E-state index in [1.807, 2.05) is 0 Å². The van der Waals surface area contributed by atoms with Crippen LogP contribution < -0.4 is 12.4 Å². The van der Waals surface area contributed by atoms with Crippen molar-refractivity contribution in [1.82, 2.24) is 0 Å². The molecule has 0 bridgehead atoms. The Morgan fingerprint density at radius 2 is 1.33 bits per heavy atom. The lowest BCUT2D eigenvalue weighted by Crippen LogP contribution is -3.00. The van der Waals surface area contributed by atoms with Crippen molar-refractivity contribution in [1.29, 1.82) is 0 Å². The third-order valence-corrected chi connectivity index (χ3v) is 2.80. The van der Waals surface area contributed by atoms with Crippen LogP contribution in [-0.4, -0.2) is 54.1 Å². The summed E-state index contributed by atoms with van der Waals surface area (Å²) in [6.07, 6.45) is 0.940. The molecular formula is C11H27ClNO2. The molecule has 0 aromatic carbocycles. The van der Waals surface area contributed by atoms with Crippen LogP contribution in [-0.2, 0) is 0 Å². The van der Waals surface area contributed by atoms with Gasteiger partial charge in [-0.25, -0.2) is 0 Å². The van der Waals surface area contributed by atoms with Gasteiger partial charge in [-0.3, -0.25) is 0 Å². The standard InChI is InChI=1S/C9H22NO.C2H5O.ClH/c1-4-10(5-2,6-3)8-7-9-11;1-2-3;/h11H,4-9H2,1-3H3;3H,1-2H2;1H/q+1;;/p-1. The maximum absolute atomic E-state index is 8.71. The SMILES string of the molecule is CC[N+](CC)(CC)CCCO.[CH2]CO.[Cl-]. The van der Waals surface area contributed by atoms with Crippen LogP contribution in [0.5, 0.6) is 0 Å². The molecule has 2 N–H and O–H groups in total. The van der Waals surface area contributed by atoms with E-state index in [0.29, 0.717) is 6.61 Å². The first-order valence-electron chi connectivity index (χ1n) is 5.52. The summed E-state index contributed by atoms with van der Waals surface area (Å²) in [5.41, 5.74) is 0. The monoisotopic (exact) mass is 240 g/mol. The first-order chi connectivity index (χ1) is 6.66. The first kappa shape index (κ1) is 20.6. The van der Waals surface area contributed by atoms with E-state index in [4.69, 9.17) is 10.2 Å². The Morgan fingerprint density at radius 1 is 1.00 bits per heavy atom. The Balaban J connectivity index is -0.000000320. The van der Waals surface area contributed by atoms with Crippen LogP contribution in [0.2, 0.25) is 0 Å². The summed E-state index contributed by atoms with van der Waals surface area (Å²) < 4.78 is 1.15. The molecule has 0 spiro atoms. The molecule has 0 aromatic heterocycles. The van der Waals surface area contributed by atoms with Gasteiger partial charge >= 0.3 is 0 Å². The van der Waals surface area contributed by atoms with Crippen LogP contribution in [0.15, 0.2) is 0 Å². The van der Waals surface area contributed by atoms with E-state index in [2.05, 4.69) is 27.7 Å². The number of quaternary nitrogens is 1. The third-order valence-electron chi connectivity index (χ3n) is 2.80. The molecule has 0 aliphatic rings. The van der Waals surface area contributed by atoms with Gasteiger partial charge in [0.25, 0.3) is 0 Å². The average Bonchev–Trinajstić information content (AvgIpc) is 2.22. The lowest BCUT2D eigenvalue weighted by atomic mass is 10.3. The molecule has 0 saturated carbocycles. The second kappa shape index (κ2) is 14.2. The Morgan fingerprint density at radius 3 is 1.53 bits per heavy atom. The van der Waals surface area contributed by atoms with E-state index in [1.54, 1.807) is 0 Å². The molecule has 95 valence electrons. The van der Waals surface area contributed by atoms with Gasteiger partial charge in [-0.15, -0.1) is 0 Å². The van der Waals surface area contributed by atoms with Crippen molar-refractivity contribution in [2.45, 2.75) is 27.2 Å². The van der Waals surface area contributed by atoms with Crippen molar-refractivity contribution < 1.29 is 27.1 Å². The van der Waals surface area contributed by atoms with Gasteiger partial charge in [0.1, 0.15) is 0 Å². The second-order valence-corrected chi connectivity index (χ2v) is 3.31. The van der Waals surface area contributed by atoms with Gasteiger partial charge in [0.05, 0.1) is 26.2 Å². The molecule has 0 aliphatic carbocycles. The first-order valence-corrected chi connectivity index (χ1v) is 5.52. The molecule has 0 amide bonds. The van der Waals surface area contributed by atoms with Gasteiger partial charge in [0, 0.05) is 19.6 Å². The minimum Gasteiger partial charge on any atom is -1.00 e. The number of nitrogens with zero attached hydrogens (tertiary/aromatic N) is 1. The third kappa shape index (κ3) is 10.5. The van der Waals surface area contributed by atoms with E-state index < -0.39 is 0 Å². The van der Waals surface area contributed by atoms with Gasteiger partial charge in [0.2, 0.25) is 0 Å². The van der Waals surface area contributed by atoms with Crippen molar-refractivity contribution >= 4 is 0 Å². The van der Waals surface area contributed by atoms with E-state index in [-0.39, 0.29) is 19.0 Å². The quantitative estimate of drug-likeness (QED) is 0.531. The summed E-state index contributed by atoms with van der Waals surface area (Å²) in [7, 11) is 0. The van der Waals surface area contributed by atoms with Gasteiger partial charge in [-0.05, 0) is 27.7 Å². The van der Waals surface area contributed by atoms with E-state index in [0.717, 1.165) is 17.4 Å². The highest BCUT2D eigenvalue weighted by Gasteiger charge is 2.18. The van der Waals surface area contributed by atoms with Gasteiger partial charge in [0.15, 0.2) is 0 Å². The summed E-state index contributed by atoms with van der Waals surface area (Å²) in [6.45, 7) is 14.7. The predicted molar refractivity (Wildman–Crippen MR) is 60.9 cm³/mol. The van der Waals surface area contributed by atoms with Crippen LogP contribution in [0, 0.1) is 6.92 Å². The molecule has 0 fully saturated rings. The summed E-state index contributed by atoms with van der Waals surface area (Å²) in [6, 6.07) is 0. The zero-order valence-corrected chi connectivity index (χ0v) is 11.1. The van der Waals surface area contributed by atoms with Crippen molar-refractivity contribution in [2.24, 2.45) is 0 Å². The Hall–Kier alpha value is 0.170. The summed E-state index contributed by atoms with van der Waals surface area (Å²) in [4.78, 5) is 0. The minimum absolute atomic E-state index is 0. The highest BCUT2D eigenvalue weighted by Crippen LogP contribution is 2.06. The van der Waals surface area contributed by atoms with Crippen LogP contribution in [0.25, 0.3) is 0 Å². The van der Waals surface area contributed by atoms with E-state index in [1.165, 1.54) is 19.6 Å². The molecule has 0 unspecified atom stereocenters. The molecule has 0 saturated heterocycles. The zero-order valence-electron chi connectivity index (χ0n) is 10.4. The van der Waals surface area contributed by atoms with Crippen LogP contribution in [0.3, 0.4) is 0 Å². The lowest BCUT2D eigenvalue weighted by Gasteiger charge is -2.35. The predicted octanol–water partition coefficient (Wildman–Crippen LogP) is -1.94. The average molecular weight is 241 g/mol. The minimum atomic E-state index is 0. The van der Waals surface area contributed by atoms with E-state index >= 15 is 0 Å². The fraction of sp³-hybridized carbons (Fsp3) is 0.909. The molecule has 0 rings (SSSR count). The molecule has 0 aromatic rings. The number of rotatable bonds is 6. The van der Waals surface area contributed by atoms with Crippen molar-refractivity contribution in [3.8, 4) is 0 Å². The number of aliphatic hydroxyl groups excluding tert-OH is 2. The highest BCUT2D eigenvalue weighted by atomic mass is 35.5. The number of halogens is 1. The molecule has 1 radical (unpaired) electrons. The maximum atomic E-state index is 8.71. The maximum Gasteiger partial charge on any atom is 0.0808 e. The van der Waals surface area contributed by atoms with Crippen LogP contribution in [0.1, 0.15) is 27.2 Å². The smallest absolute Gasteiger partial charge is 0.0808 e. The molecule has 0 atom stereocenters. The second-order valence-electron chi connectivity index (χ2n) is 3.31. The zero-order chi connectivity index (χ0) is 11.4. The van der Waals surface area contributed by atoms with Crippen LogP contribution in [0.4, 0.5) is 0 Å². The van der Waals surface area contributed by atoms with Crippen LogP contribution >= 0.6 is 0 Å². The van der Waals surface area contributed by atoms with Gasteiger partial charge in [-0.1, -0.05) is 0 Å². The normalized spacial score (nSPS) is 10.0. The Kier molecular flexibility index (Phi) is 19.4. The largest absolute Gasteiger partial charge is 1.00 e. The van der Waals surface area contributed by atoms with E-state index in [9.17, 15) is 0 Å². The Labute approximate surface area is 101 Å². The van der Waals surface area contributed by atoms with Gasteiger partial charge < -0.3 is 27.1 Å². The molecular weight excluding hydrogens is 214 g/mol. The fourth-order valence-electron chi connectivity index (χ4n) is 1.55. The summed E-state index contributed by atoms with van der Waals surface area (Å²) in [5, 5.41) is 16.2. The van der Waals surface area contributed by atoms with Gasteiger partial charge in [-0.2, -0.15) is 0 Å². The molecule has 0 heterocycles. The topological polar surface area (TPSA) is 40.5 Å². The van der Waals surface area contributed by atoms with Crippen molar-refractivity contribution in [3.05, 3.63) is 6.92 Å². The summed E-state index contributed by atoms with van der Waals surface area (Å²) >= 11 is 0. The lowest BCUT2D eigenvalue weighted by molar-refractivity contribution is -0.923. The number of hydrogen-bond donors (Lipinski definition) is 2. The fourth-order valence-corrected chi connectivity index (χ4v) is 1.55. The molecule has 0 aliphatic heterocycles. The highest BCUT2D eigenvalue weighted by molar-refractivity contribution is 4.38. The molecule has 4 heteroatoms. The molecule has 15 heavy (non-hydrogen) atoms. The Bertz CT molecular complexity index is 100. The summed E-state index contributed by atoms with van der Waals surface area (Å²) in [5.74, 6) is 0.